The highest BCUT2D eigenvalue weighted by Crippen LogP contribution is 2.41. The second-order valence-corrected chi connectivity index (χ2v) is 5.05. The first kappa shape index (κ1) is 13.0. The summed E-state index contributed by atoms with van der Waals surface area (Å²) in [7, 11) is 0. The number of hydrogen-bond donors (Lipinski definition) is 1. The van der Waals surface area contributed by atoms with Gasteiger partial charge in [0.15, 0.2) is 11.6 Å². The molecule has 0 amide bonds. The summed E-state index contributed by atoms with van der Waals surface area (Å²) in [5.41, 5.74) is 0.245. The van der Waals surface area contributed by atoms with E-state index in [1.54, 1.807) is 16.7 Å². The SMILES string of the molecule is O=[N+]([O-])c1cc(Cl)ccc1-c1nnc(CO)n1C1CC1. The van der Waals surface area contributed by atoms with Crippen molar-refractivity contribution in [2.75, 3.05) is 0 Å². The van der Waals surface area contributed by atoms with E-state index in [0.717, 1.165) is 12.8 Å². The van der Waals surface area contributed by atoms with E-state index in [0.29, 0.717) is 22.2 Å². The molecule has 3 rings (SSSR count). The van der Waals surface area contributed by atoms with E-state index >= 15 is 0 Å². The first-order valence-electron chi connectivity index (χ1n) is 6.10. The van der Waals surface area contributed by atoms with Crippen LogP contribution >= 0.6 is 11.6 Å². The normalized spacial score (nSPS) is 14.5. The van der Waals surface area contributed by atoms with Gasteiger partial charge in [-0.2, -0.15) is 0 Å². The lowest BCUT2D eigenvalue weighted by Crippen LogP contribution is -2.04. The van der Waals surface area contributed by atoms with Gasteiger partial charge in [-0.05, 0) is 25.0 Å². The Morgan fingerprint density at radius 1 is 1.45 bits per heavy atom. The third-order valence-electron chi connectivity index (χ3n) is 3.22. The van der Waals surface area contributed by atoms with Crippen molar-refractivity contribution in [3.8, 4) is 11.4 Å². The number of nitro groups is 1. The maximum Gasteiger partial charge on any atom is 0.281 e. The minimum absolute atomic E-state index is 0.115. The van der Waals surface area contributed by atoms with E-state index in [9.17, 15) is 15.2 Å². The number of halogens is 1. The molecule has 0 spiro atoms. The van der Waals surface area contributed by atoms with Gasteiger partial charge in [-0.3, -0.25) is 10.1 Å². The van der Waals surface area contributed by atoms with E-state index in [2.05, 4.69) is 10.2 Å². The van der Waals surface area contributed by atoms with Crippen LogP contribution in [0.1, 0.15) is 24.7 Å². The van der Waals surface area contributed by atoms with Crippen LogP contribution in [0.2, 0.25) is 5.02 Å². The molecule has 0 radical (unpaired) electrons. The molecule has 1 aromatic carbocycles. The molecule has 1 aliphatic carbocycles. The zero-order chi connectivity index (χ0) is 14.3. The molecule has 1 fully saturated rings. The first-order valence-corrected chi connectivity index (χ1v) is 6.48. The number of aliphatic hydroxyl groups is 1. The smallest absolute Gasteiger partial charge is 0.281 e. The maximum atomic E-state index is 11.2. The molecule has 0 aliphatic heterocycles. The molecule has 1 N–H and O–H groups in total. The lowest BCUT2D eigenvalue weighted by molar-refractivity contribution is -0.384. The molecule has 1 aliphatic rings. The third kappa shape index (κ3) is 2.14. The Balaban J connectivity index is 2.18. The Morgan fingerprint density at radius 2 is 2.20 bits per heavy atom. The molecule has 1 saturated carbocycles. The highest BCUT2D eigenvalue weighted by atomic mass is 35.5. The maximum absolute atomic E-state index is 11.2. The van der Waals surface area contributed by atoms with Crippen molar-refractivity contribution in [1.82, 2.24) is 14.8 Å². The molecule has 104 valence electrons. The van der Waals surface area contributed by atoms with Gasteiger partial charge in [-0.1, -0.05) is 11.6 Å². The number of nitrogens with zero attached hydrogens (tertiary/aromatic N) is 4. The van der Waals surface area contributed by atoms with Crippen molar-refractivity contribution in [3.63, 3.8) is 0 Å². The zero-order valence-corrected chi connectivity index (χ0v) is 11.1. The van der Waals surface area contributed by atoms with Crippen LogP contribution in [-0.2, 0) is 6.61 Å². The summed E-state index contributed by atoms with van der Waals surface area (Å²) in [6.45, 7) is -0.245. The Morgan fingerprint density at radius 3 is 2.80 bits per heavy atom. The zero-order valence-electron chi connectivity index (χ0n) is 10.4. The minimum Gasteiger partial charge on any atom is -0.388 e. The van der Waals surface area contributed by atoms with Crippen LogP contribution < -0.4 is 0 Å². The fraction of sp³-hybridized carbons (Fsp3) is 0.333. The van der Waals surface area contributed by atoms with Gasteiger partial charge in [0.2, 0.25) is 0 Å². The van der Waals surface area contributed by atoms with Crippen molar-refractivity contribution in [2.45, 2.75) is 25.5 Å². The van der Waals surface area contributed by atoms with Crippen LogP contribution in [0.5, 0.6) is 0 Å². The van der Waals surface area contributed by atoms with Crippen molar-refractivity contribution >= 4 is 17.3 Å². The highest BCUT2D eigenvalue weighted by Gasteiger charge is 2.31. The van der Waals surface area contributed by atoms with Crippen molar-refractivity contribution < 1.29 is 10.0 Å². The van der Waals surface area contributed by atoms with Crippen molar-refractivity contribution in [1.29, 1.82) is 0 Å². The van der Waals surface area contributed by atoms with Crippen LogP contribution in [0.4, 0.5) is 5.69 Å². The van der Waals surface area contributed by atoms with E-state index in [1.807, 2.05) is 0 Å². The van der Waals surface area contributed by atoms with E-state index < -0.39 is 4.92 Å². The number of benzene rings is 1. The van der Waals surface area contributed by atoms with Crippen molar-refractivity contribution in [2.24, 2.45) is 0 Å². The van der Waals surface area contributed by atoms with Crippen molar-refractivity contribution in [3.05, 3.63) is 39.2 Å². The molecule has 1 heterocycles. The van der Waals surface area contributed by atoms with Crippen LogP contribution in [0, 0.1) is 10.1 Å². The molecule has 0 atom stereocenters. The number of aliphatic hydroxyl groups excluding tert-OH is 1. The number of hydrogen-bond acceptors (Lipinski definition) is 5. The second-order valence-electron chi connectivity index (χ2n) is 4.62. The van der Waals surface area contributed by atoms with Gasteiger partial charge >= 0.3 is 0 Å². The van der Waals surface area contributed by atoms with Gasteiger partial charge in [-0.25, -0.2) is 0 Å². The first-order chi connectivity index (χ1) is 9.61. The standard InChI is InChI=1S/C12H11ClN4O3/c13-7-1-4-9(10(5-7)17(19)20)12-15-14-11(6-18)16(12)8-2-3-8/h1,4-5,8,18H,2-3,6H2. The lowest BCUT2D eigenvalue weighted by atomic mass is 10.1. The molecule has 8 heteroatoms. The van der Waals surface area contributed by atoms with Gasteiger partial charge in [-0.15, -0.1) is 10.2 Å². The van der Waals surface area contributed by atoms with Crippen LogP contribution in [-0.4, -0.2) is 24.8 Å². The summed E-state index contributed by atoms with van der Waals surface area (Å²) in [5, 5.41) is 28.7. The average molecular weight is 295 g/mol. The Kier molecular flexibility index (Phi) is 3.15. The molecule has 1 aromatic heterocycles. The monoisotopic (exact) mass is 294 g/mol. The number of nitro benzene ring substituents is 1. The summed E-state index contributed by atoms with van der Waals surface area (Å²) < 4.78 is 1.77. The third-order valence-corrected chi connectivity index (χ3v) is 3.45. The molecular formula is C12H11ClN4O3. The molecule has 20 heavy (non-hydrogen) atoms. The van der Waals surface area contributed by atoms with E-state index in [1.165, 1.54) is 6.07 Å². The van der Waals surface area contributed by atoms with E-state index in [4.69, 9.17) is 11.6 Å². The van der Waals surface area contributed by atoms with Gasteiger partial charge < -0.3 is 9.67 Å². The summed E-state index contributed by atoms with van der Waals surface area (Å²) >= 11 is 5.81. The van der Waals surface area contributed by atoms with Gasteiger partial charge in [0.25, 0.3) is 5.69 Å². The largest absolute Gasteiger partial charge is 0.388 e. The molecule has 0 bridgehead atoms. The number of rotatable bonds is 4. The molecular weight excluding hydrogens is 284 g/mol. The van der Waals surface area contributed by atoms with E-state index in [-0.39, 0.29) is 18.3 Å². The quantitative estimate of drug-likeness (QED) is 0.690. The second kappa shape index (κ2) is 4.84. The topological polar surface area (TPSA) is 94.1 Å². The van der Waals surface area contributed by atoms with Crippen LogP contribution in [0.3, 0.4) is 0 Å². The summed E-state index contributed by atoms with van der Waals surface area (Å²) in [5.74, 6) is 0.826. The summed E-state index contributed by atoms with van der Waals surface area (Å²) in [6, 6.07) is 4.64. The van der Waals surface area contributed by atoms with Gasteiger partial charge in [0, 0.05) is 17.1 Å². The predicted octanol–water partition coefficient (Wildman–Crippen LogP) is 2.33. The van der Waals surface area contributed by atoms with Gasteiger partial charge in [0.05, 0.1) is 10.5 Å². The molecule has 0 saturated heterocycles. The average Bonchev–Trinajstić information content (AvgIpc) is 3.18. The highest BCUT2D eigenvalue weighted by molar-refractivity contribution is 6.30. The minimum atomic E-state index is -0.494. The molecule has 2 aromatic rings. The fourth-order valence-electron chi connectivity index (χ4n) is 2.18. The van der Waals surface area contributed by atoms with Crippen LogP contribution in [0.15, 0.2) is 18.2 Å². The fourth-order valence-corrected chi connectivity index (χ4v) is 2.34. The molecule has 0 unspecified atom stereocenters. The Bertz CT molecular complexity index is 681. The lowest BCUT2D eigenvalue weighted by Gasteiger charge is -2.08. The summed E-state index contributed by atoms with van der Waals surface area (Å²) in [4.78, 5) is 10.7. The number of aromatic nitrogens is 3. The Labute approximate surface area is 119 Å². The van der Waals surface area contributed by atoms with Crippen LogP contribution in [0.25, 0.3) is 11.4 Å². The Hall–Kier alpha value is -1.99. The predicted molar refractivity (Wildman–Crippen MR) is 71.3 cm³/mol. The van der Waals surface area contributed by atoms with Gasteiger partial charge in [0.1, 0.15) is 6.61 Å². The molecule has 7 nitrogen and oxygen atoms in total. The summed E-state index contributed by atoms with van der Waals surface area (Å²) in [6.07, 6.45) is 1.92.